The Bertz CT molecular complexity index is 616. The Morgan fingerprint density at radius 2 is 1.55 bits per heavy atom. The summed E-state index contributed by atoms with van der Waals surface area (Å²) >= 11 is 0. The molecule has 2 aromatic carbocycles. The first kappa shape index (κ1) is 16.3. The van der Waals surface area contributed by atoms with E-state index in [4.69, 9.17) is 4.74 Å². The number of hydrogen-bond donors (Lipinski definition) is 0. The second-order valence-electron chi connectivity index (χ2n) is 6.54. The Labute approximate surface area is 133 Å². The molecule has 0 aliphatic carbocycles. The maximum Gasteiger partial charge on any atom is 0.162 e. The summed E-state index contributed by atoms with van der Waals surface area (Å²) in [6.07, 6.45) is 0.528. The number of hydrogen-bond acceptors (Lipinski definition) is 2. The van der Waals surface area contributed by atoms with Crippen LogP contribution in [-0.4, -0.2) is 5.78 Å². The van der Waals surface area contributed by atoms with Crippen LogP contribution in [0.3, 0.4) is 0 Å². The summed E-state index contributed by atoms with van der Waals surface area (Å²) in [4.78, 5) is 11.6. The smallest absolute Gasteiger partial charge is 0.162 e. The van der Waals surface area contributed by atoms with Crippen molar-refractivity contribution in [1.82, 2.24) is 0 Å². The van der Waals surface area contributed by atoms with Crippen LogP contribution in [0.5, 0.6) is 5.75 Å². The Kier molecular flexibility index (Phi) is 5.02. The number of benzene rings is 2. The molecule has 2 nitrogen and oxygen atoms in total. The molecule has 0 aliphatic rings. The molecule has 0 atom stereocenters. The van der Waals surface area contributed by atoms with Gasteiger partial charge in [0.2, 0.25) is 0 Å². The molecule has 0 radical (unpaired) electrons. The SMILES string of the molecule is CCC(=O)c1ccc(OCc2ccc(C(C)(C)C)cc2)cc1. The number of carbonyl (C=O) groups excluding carboxylic acids is 1. The maximum atomic E-state index is 11.6. The molecule has 22 heavy (non-hydrogen) atoms. The summed E-state index contributed by atoms with van der Waals surface area (Å²) in [5.41, 5.74) is 3.37. The molecular weight excluding hydrogens is 272 g/mol. The fourth-order valence-electron chi connectivity index (χ4n) is 2.21. The van der Waals surface area contributed by atoms with Crippen LogP contribution in [0, 0.1) is 0 Å². The van der Waals surface area contributed by atoms with Crippen molar-refractivity contribution in [2.45, 2.75) is 46.1 Å². The molecule has 0 heterocycles. The summed E-state index contributed by atoms with van der Waals surface area (Å²) in [5, 5.41) is 0. The Balaban J connectivity index is 1.97. The van der Waals surface area contributed by atoms with Crippen LogP contribution >= 0.6 is 0 Å². The minimum absolute atomic E-state index is 0.157. The maximum absolute atomic E-state index is 11.6. The molecule has 0 saturated heterocycles. The van der Waals surface area contributed by atoms with Crippen LogP contribution in [0.15, 0.2) is 48.5 Å². The van der Waals surface area contributed by atoms with Crippen LogP contribution < -0.4 is 4.74 Å². The van der Waals surface area contributed by atoms with E-state index in [0.29, 0.717) is 13.0 Å². The second-order valence-corrected chi connectivity index (χ2v) is 6.54. The van der Waals surface area contributed by atoms with Crippen molar-refractivity contribution in [3.63, 3.8) is 0 Å². The van der Waals surface area contributed by atoms with Crippen LogP contribution in [0.4, 0.5) is 0 Å². The minimum Gasteiger partial charge on any atom is -0.489 e. The normalized spacial score (nSPS) is 11.3. The van der Waals surface area contributed by atoms with Crippen molar-refractivity contribution in [3.8, 4) is 5.75 Å². The molecule has 0 unspecified atom stereocenters. The summed E-state index contributed by atoms with van der Waals surface area (Å²) in [5.74, 6) is 0.942. The minimum atomic E-state index is 0.157. The molecule has 0 N–H and O–H groups in total. The molecule has 2 rings (SSSR count). The molecule has 0 saturated carbocycles. The largest absolute Gasteiger partial charge is 0.489 e. The van der Waals surface area contributed by atoms with E-state index >= 15 is 0 Å². The van der Waals surface area contributed by atoms with Gasteiger partial charge in [0, 0.05) is 12.0 Å². The van der Waals surface area contributed by atoms with E-state index in [9.17, 15) is 4.79 Å². The first-order valence-corrected chi connectivity index (χ1v) is 7.75. The molecule has 0 spiro atoms. The predicted octanol–water partition coefficient (Wildman–Crippen LogP) is 5.16. The third kappa shape index (κ3) is 4.20. The lowest BCUT2D eigenvalue weighted by Gasteiger charge is -2.19. The van der Waals surface area contributed by atoms with Crippen LogP contribution in [0.25, 0.3) is 0 Å². The number of ether oxygens (including phenoxy) is 1. The molecule has 2 heteroatoms. The van der Waals surface area contributed by atoms with Gasteiger partial charge in [0.25, 0.3) is 0 Å². The van der Waals surface area contributed by atoms with E-state index in [-0.39, 0.29) is 11.2 Å². The third-order valence-corrected chi connectivity index (χ3v) is 3.72. The average Bonchev–Trinajstić information content (AvgIpc) is 2.52. The zero-order valence-electron chi connectivity index (χ0n) is 13.8. The highest BCUT2D eigenvalue weighted by Gasteiger charge is 2.12. The van der Waals surface area contributed by atoms with Gasteiger partial charge in [0.1, 0.15) is 12.4 Å². The number of ketones is 1. The first-order chi connectivity index (χ1) is 10.4. The predicted molar refractivity (Wildman–Crippen MR) is 90.5 cm³/mol. The van der Waals surface area contributed by atoms with Crippen molar-refractivity contribution in [3.05, 3.63) is 65.2 Å². The zero-order chi connectivity index (χ0) is 16.2. The van der Waals surface area contributed by atoms with Crippen molar-refractivity contribution in [2.24, 2.45) is 0 Å². The van der Waals surface area contributed by atoms with Gasteiger partial charge < -0.3 is 4.74 Å². The molecule has 0 bridgehead atoms. The second kappa shape index (κ2) is 6.78. The van der Waals surface area contributed by atoms with Gasteiger partial charge in [-0.2, -0.15) is 0 Å². The van der Waals surface area contributed by atoms with E-state index in [1.54, 1.807) is 0 Å². The van der Waals surface area contributed by atoms with Gasteiger partial charge >= 0.3 is 0 Å². The van der Waals surface area contributed by atoms with Gasteiger partial charge in [-0.15, -0.1) is 0 Å². The van der Waals surface area contributed by atoms with Gasteiger partial charge in [-0.3, -0.25) is 4.79 Å². The molecule has 0 amide bonds. The van der Waals surface area contributed by atoms with Crippen LogP contribution in [0.2, 0.25) is 0 Å². The average molecular weight is 296 g/mol. The lowest BCUT2D eigenvalue weighted by atomic mass is 9.87. The summed E-state index contributed by atoms with van der Waals surface area (Å²) in [6, 6.07) is 15.9. The molecule has 2 aromatic rings. The Morgan fingerprint density at radius 3 is 2.05 bits per heavy atom. The molecular formula is C20H24O2. The van der Waals surface area contributed by atoms with Gasteiger partial charge in [-0.1, -0.05) is 52.0 Å². The highest BCUT2D eigenvalue weighted by molar-refractivity contribution is 5.95. The topological polar surface area (TPSA) is 26.3 Å². The Hall–Kier alpha value is -2.09. The number of rotatable bonds is 5. The highest BCUT2D eigenvalue weighted by atomic mass is 16.5. The molecule has 0 aliphatic heterocycles. The van der Waals surface area contributed by atoms with E-state index in [2.05, 4.69) is 45.0 Å². The molecule has 116 valence electrons. The van der Waals surface area contributed by atoms with Gasteiger partial charge in [0.05, 0.1) is 0 Å². The van der Waals surface area contributed by atoms with E-state index in [0.717, 1.165) is 16.9 Å². The Morgan fingerprint density at radius 1 is 0.955 bits per heavy atom. The van der Waals surface area contributed by atoms with Crippen molar-refractivity contribution < 1.29 is 9.53 Å². The van der Waals surface area contributed by atoms with Crippen molar-refractivity contribution in [1.29, 1.82) is 0 Å². The van der Waals surface area contributed by atoms with Crippen molar-refractivity contribution in [2.75, 3.05) is 0 Å². The lowest BCUT2D eigenvalue weighted by molar-refractivity contribution is 0.0988. The monoisotopic (exact) mass is 296 g/mol. The number of carbonyl (C=O) groups is 1. The standard InChI is InChI=1S/C20H24O2/c1-5-19(21)16-8-12-18(13-9-16)22-14-15-6-10-17(11-7-15)20(2,3)4/h6-13H,5,14H2,1-4H3. The van der Waals surface area contributed by atoms with Gasteiger partial charge in [0.15, 0.2) is 5.78 Å². The summed E-state index contributed by atoms with van der Waals surface area (Å²) in [7, 11) is 0. The molecule has 0 aromatic heterocycles. The van der Waals surface area contributed by atoms with Crippen LogP contribution in [0.1, 0.15) is 55.6 Å². The summed E-state index contributed by atoms with van der Waals surface area (Å²) in [6.45, 7) is 9.02. The van der Waals surface area contributed by atoms with E-state index in [1.807, 2.05) is 31.2 Å². The zero-order valence-corrected chi connectivity index (χ0v) is 13.8. The molecule has 0 fully saturated rings. The fraction of sp³-hybridized carbons (Fsp3) is 0.350. The quantitative estimate of drug-likeness (QED) is 0.713. The highest BCUT2D eigenvalue weighted by Crippen LogP contribution is 2.22. The third-order valence-electron chi connectivity index (χ3n) is 3.72. The summed E-state index contributed by atoms with van der Waals surface area (Å²) < 4.78 is 5.77. The first-order valence-electron chi connectivity index (χ1n) is 7.75. The van der Waals surface area contributed by atoms with E-state index in [1.165, 1.54) is 5.56 Å². The lowest BCUT2D eigenvalue weighted by Crippen LogP contribution is -2.10. The van der Waals surface area contributed by atoms with Gasteiger partial charge in [-0.05, 0) is 40.8 Å². The van der Waals surface area contributed by atoms with Gasteiger partial charge in [-0.25, -0.2) is 0 Å². The van der Waals surface area contributed by atoms with Crippen molar-refractivity contribution >= 4 is 5.78 Å². The van der Waals surface area contributed by atoms with Crippen LogP contribution in [-0.2, 0) is 12.0 Å². The number of Topliss-reactive ketones (excluding diaryl/α,β-unsaturated/α-hetero) is 1. The van der Waals surface area contributed by atoms with E-state index < -0.39 is 0 Å². The fourth-order valence-corrected chi connectivity index (χ4v) is 2.21.